The molecule has 0 fully saturated rings. The quantitative estimate of drug-likeness (QED) is 0.0272. The van der Waals surface area contributed by atoms with E-state index >= 15 is 0 Å². The topological polar surface area (TPSA) is 134 Å². The zero-order chi connectivity index (χ0) is 37.5. The van der Waals surface area contributed by atoms with Gasteiger partial charge in [-0.25, -0.2) is 4.57 Å². The van der Waals surface area contributed by atoms with Crippen LogP contribution in [-0.4, -0.2) is 49.3 Å². The standard InChI is InChI=1S/C41H80NO8P/c1-3-5-7-9-11-13-15-17-18-19-20-22-24-26-28-30-32-34-41(44)50-39(38-49-51(45,46)48-36-35-42)37-47-40(43)33-31-29-27-25-23-21-16-14-12-10-8-6-4-2/h28,30,39H,3-27,29,31-38,42H2,1-2H3,(H,45,46)/b30-28-. The second kappa shape index (κ2) is 38.5. The van der Waals surface area contributed by atoms with Crippen LogP contribution in [0.15, 0.2) is 12.2 Å². The van der Waals surface area contributed by atoms with Gasteiger partial charge in [-0.3, -0.25) is 18.6 Å². The monoisotopic (exact) mass is 746 g/mol. The van der Waals surface area contributed by atoms with Gasteiger partial charge in [0.15, 0.2) is 6.10 Å². The second-order valence-electron chi connectivity index (χ2n) is 14.2. The van der Waals surface area contributed by atoms with Gasteiger partial charge < -0.3 is 20.1 Å². The van der Waals surface area contributed by atoms with E-state index in [-0.39, 0.29) is 38.6 Å². The number of rotatable bonds is 40. The molecule has 0 bridgehead atoms. The van der Waals surface area contributed by atoms with Crippen molar-refractivity contribution in [3.05, 3.63) is 12.2 Å². The molecule has 2 atom stereocenters. The molecule has 302 valence electrons. The number of nitrogens with two attached hydrogens (primary N) is 1. The van der Waals surface area contributed by atoms with Crippen molar-refractivity contribution in [3.8, 4) is 0 Å². The first-order valence-corrected chi connectivity index (χ1v) is 22.7. The molecular formula is C41H80NO8P. The molecule has 0 aromatic rings. The first-order chi connectivity index (χ1) is 24.8. The van der Waals surface area contributed by atoms with Gasteiger partial charge in [-0.15, -0.1) is 0 Å². The third kappa shape index (κ3) is 38.3. The van der Waals surface area contributed by atoms with Crippen LogP contribution in [0.2, 0.25) is 0 Å². The molecule has 3 N–H and O–H groups in total. The summed E-state index contributed by atoms with van der Waals surface area (Å²) < 4.78 is 32.7. The zero-order valence-electron chi connectivity index (χ0n) is 33.1. The lowest BCUT2D eigenvalue weighted by Crippen LogP contribution is -2.29. The summed E-state index contributed by atoms with van der Waals surface area (Å²) in [4.78, 5) is 34.8. The molecule has 0 saturated heterocycles. The Hall–Kier alpha value is -1.25. The Morgan fingerprint density at radius 3 is 1.47 bits per heavy atom. The Kier molecular flexibility index (Phi) is 37.5. The average molecular weight is 746 g/mol. The highest BCUT2D eigenvalue weighted by atomic mass is 31.2. The molecule has 0 aliphatic heterocycles. The molecule has 0 aromatic carbocycles. The molecule has 9 nitrogen and oxygen atoms in total. The van der Waals surface area contributed by atoms with E-state index in [1.54, 1.807) is 0 Å². The number of hydrogen-bond acceptors (Lipinski definition) is 8. The molecule has 10 heteroatoms. The van der Waals surface area contributed by atoms with E-state index in [1.807, 2.05) is 6.08 Å². The summed E-state index contributed by atoms with van der Waals surface area (Å²) in [7, 11) is -4.38. The SMILES string of the molecule is CCCCCCCCCCCCCCC/C=C\CCC(=O)OC(COC(=O)CCCCCCCCCCCCCCC)COP(=O)(O)OCCN. The van der Waals surface area contributed by atoms with Crippen molar-refractivity contribution in [3.63, 3.8) is 0 Å². The van der Waals surface area contributed by atoms with E-state index in [4.69, 9.17) is 24.3 Å². The van der Waals surface area contributed by atoms with E-state index in [9.17, 15) is 19.0 Å². The lowest BCUT2D eigenvalue weighted by Gasteiger charge is -2.19. The number of ether oxygens (including phenoxy) is 2. The highest BCUT2D eigenvalue weighted by Crippen LogP contribution is 2.43. The van der Waals surface area contributed by atoms with Crippen LogP contribution in [0.3, 0.4) is 0 Å². The number of esters is 2. The highest BCUT2D eigenvalue weighted by molar-refractivity contribution is 7.47. The van der Waals surface area contributed by atoms with Crippen LogP contribution in [0.1, 0.15) is 206 Å². The second-order valence-corrected chi connectivity index (χ2v) is 15.7. The smallest absolute Gasteiger partial charge is 0.462 e. The van der Waals surface area contributed by atoms with Crippen molar-refractivity contribution in [2.45, 2.75) is 213 Å². The minimum absolute atomic E-state index is 0.0516. The molecule has 0 aromatic heterocycles. The predicted octanol–water partition coefficient (Wildman–Crippen LogP) is 11.8. The molecule has 51 heavy (non-hydrogen) atoms. The van der Waals surface area contributed by atoms with Crippen LogP contribution in [0, 0.1) is 0 Å². The zero-order valence-corrected chi connectivity index (χ0v) is 34.0. The maximum atomic E-state index is 12.5. The van der Waals surface area contributed by atoms with Gasteiger partial charge in [-0.05, 0) is 25.7 Å². The Morgan fingerprint density at radius 2 is 1.00 bits per heavy atom. The van der Waals surface area contributed by atoms with Gasteiger partial charge in [-0.1, -0.05) is 180 Å². The first kappa shape index (κ1) is 49.8. The fourth-order valence-corrected chi connectivity index (χ4v) is 6.77. The predicted molar refractivity (Wildman–Crippen MR) is 211 cm³/mol. The largest absolute Gasteiger partial charge is 0.472 e. The van der Waals surface area contributed by atoms with E-state index in [0.29, 0.717) is 6.42 Å². The fraction of sp³-hybridized carbons (Fsp3) is 0.902. The lowest BCUT2D eigenvalue weighted by molar-refractivity contribution is -0.161. The maximum absolute atomic E-state index is 12.5. The summed E-state index contributed by atoms with van der Waals surface area (Å²) in [6.45, 7) is 3.71. The summed E-state index contributed by atoms with van der Waals surface area (Å²) in [5.41, 5.74) is 5.34. The molecule has 0 aliphatic carbocycles. The molecule has 0 aliphatic rings. The van der Waals surface area contributed by atoms with Crippen molar-refractivity contribution >= 4 is 19.8 Å². The third-order valence-corrected chi connectivity index (χ3v) is 10.1. The van der Waals surface area contributed by atoms with Crippen LogP contribution in [0.4, 0.5) is 0 Å². The summed E-state index contributed by atoms with van der Waals surface area (Å²) >= 11 is 0. The van der Waals surface area contributed by atoms with Crippen molar-refractivity contribution in [2.75, 3.05) is 26.4 Å². The minimum Gasteiger partial charge on any atom is -0.462 e. The molecule has 0 rings (SSSR count). The number of carbonyl (C=O) groups is 2. The molecule has 0 heterocycles. The van der Waals surface area contributed by atoms with Gasteiger partial charge in [0.25, 0.3) is 0 Å². The van der Waals surface area contributed by atoms with E-state index < -0.39 is 26.5 Å². The van der Waals surface area contributed by atoms with Crippen molar-refractivity contribution in [2.24, 2.45) is 5.73 Å². The Morgan fingerprint density at radius 1 is 0.569 bits per heavy atom. The number of allylic oxidation sites excluding steroid dienone is 2. The minimum atomic E-state index is -4.38. The van der Waals surface area contributed by atoms with Gasteiger partial charge in [0.2, 0.25) is 0 Å². The Balaban J connectivity index is 4.17. The van der Waals surface area contributed by atoms with E-state index in [1.165, 1.54) is 141 Å². The maximum Gasteiger partial charge on any atom is 0.472 e. The summed E-state index contributed by atoms with van der Waals surface area (Å²) in [6.07, 6.45) is 38.2. The van der Waals surface area contributed by atoms with Crippen molar-refractivity contribution in [1.29, 1.82) is 0 Å². The number of unbranched alkanes of at least 4 members (excludes halogenated alkanes) is 25. The molecule has 0 radical (unpaired) electrons. The first-order valence-electron chi connectivity index (χ1n) is 21.2. The summed E-state index contributed by atoms with van der Waals surface area (Å²) in [5.74, 6) is -0.876. The van der Waals surface area contributed by atoms with Crippen LogP contribution in [0.5, 0.6) is 0 Å². The fourth-order valence-electron chi connectivity index (χ4n) is 6.01. The Labute approximate surface area is 313 Å². The molecule has 2 unspecified atom stereocenters. The highest BCUT2D eigenvalue weighted by Gasteiger charge is 2.25. The van der Waals surface area contributed by atoms with Crippen LogP contribution >= 0.6 is 7.82 Å². The van der Waals surface area contributed by atoms with Crippen LogP contribution in [-0.2, 0) is 32.7 Å². The third-order valence-electron chi connectivity index (χ3n) is 9.16. The number of carbonyl (C=O) groups excluding carboxylic acids is 2. The molecule has 0 amide bonds. The number of phosphoric acid groups is 1. The van der Waals surface area contributed by atoms with Crippen LogP contribution < -0.4 is 5.73 Å². The van der Waals surface area contributed by atoms with E-state index in [0.717, 1.165) is 32.1 Å². The average Bonchev–Trinajstić information content (AvgIpc) is 3.11. The number of hydrogen-bond donors (Lipinski definition) is 2. The van der Waals surface area contributed by atoms with Crippen LogP contribution in [0.25, 0.3) is 0 Å². The van der Waals surface area contributed by atoms with Gasteiger partial charge in [0.05, 0.1) is 13.2 Å². The van der Waals surface area contributed by atoms with Gasteiger partial charge >= 0.3 is 19.8 Å². The molecule has 0 spiro atoms. The Bertz CT molecular complexity index is 856. The number of phosphoric ester groups is 1. The van der Waals surface area contributed by atoms with Crippen molar-refractivity contribution in [1.82, 2.24) is 0 Å². The lowest BCUT2D eigenvalue weighted by atomic mass is 10.0. The normalized spacial score (nSPS) is 13.4. The van der Waals surface area contributed by atoms with Gasteiger partial charge in [0.1, 0.15) is 6.61 Å². The van der Waals surface area contributed by atoms with Gasteiger partial charge in [0, 0.05) is 19.4 Å². The van der Waals surface area contributed by atoms with Crippen molar-refractivity contribution < 1.29 is 37.6 Å². The molecular weight excluding hydrogens is 665 g/mol. The van der Waals surface area contributed by atoms with E-state index in [2.05, 4.69) is 19.9 Å². The van der Waals surface area contributed by atoms with Gasteiger partial charge in [-0.2, -0.15) is 0 Å². The summed E-state index contributed by atoms with van der Waals surface area (Å²) in [5, 5.41) is 0. The molecule has 0 saturated carbocycles. The summed E-state index contributed by atoms with van der Waals surface area (Å²) in [6, 6.07) is 0.